The molecule has 2 aromatic carbocycles. The van der Waals surface area contributed by atoms with Gasteiger partial charge in [0, 0.05) is 47.8 Å². The van der Waals surface area contributed by atoms with Crippen LogP contribution in [0.4, 0.5) is 0 Å². The Morgan fingerprint density at radius 2 is 1.12 bits per heavy atom. The highest BCUT2D eigenvalue weighted by atomic mass is 16.5. The maximum absolute atomic E-state index is 13.2. The topological polar surface area (TPSA) is 81.7 Å². The standard InChI is InChI=1S/C42H29NO5.16H2/c1-8-9-10-11-12-13-14-15-16-17-18-19-20-21-22-26-30-42(7,43-41(46)37-27-24-23-25-28-37)31-29-38-34(4)39(47-35(5)44)32(2)33(3)40(38)48-36(6)45;;;;;;;;;;;;;;;;/h1,23-25,27-28H,29,31H2,2-7H3,(H,43,46);16*1H. The molecule has 0 radical (unpaired) electrons. The Labute approximate surface area is 306 Å². The lowest BCUT2D eigenvalue weighted by molar-refractivity contribution is -0.133. The van der Waals surface area contributed by atoms with Crippen molar-refractivity contribution in [2.24, 2.45) is 0 Å². The third-order valence-electron chi connectivity index (χ3n) is 6.39. The Morgan fingerprint density at radius 3 is 1.60 bits per heavy atom. The molecule has 0 bridgehead atoms. The van der Waals surface area contributed by atoms with E-state index in [-0.39, 0.29) is 28.7 Å². The summed E-state index contributed by atoms with van der Waals surface area (Å²) < 4.78 is 11.2. The van der Waals surface area contributed by atoms with Crippen LogP contribution in [0.25, 0.3) is 0 Å². The maximum atomic E-state index is 13.2. The van der Waals surface area contributed by atoms with Gasteiger partial charge in [0.15, 0.2) is 0 Å². The van der Waals surface area contributed by atoms with Crippen LogP contribution in [-0.2, 0) is 16.0 Å². The van der Waals surface area contributed by atoms with Crippen molar-refractivity contribution in [3.8, 4) is 119 Å². The van der Waals surface area contributed by atoms with Crippen molar-refractivity contribution >= 4 is 17.8 Å². The number of carbonyl (C=O) groups excluding carboxylic acids is 3. The smallest absolute Gasteiger partial charge is 0.308 e. The summed E-state index contributed by atoms with van der Waals surface area (Å²) in [6.07, 6.45) is 5.58. The van der Waals surface area contributed by atoms with Crippen molar-refractivity contribution in [3.63, 3.8) is 0 Å². The predicted molar refractivity (Wildman–Crippen MR) is 219 cm³/mol. The summed E-state index contributed by atoms with van der Waals surface area (Å²) in [5.41, 5.74) is 2.01. The van der Waals surface area contributed by atoms with E-state index >= 15 is 0 Å². The first kappa shape index (κ1) is 37.1. The van der Waals surface area contributed by atoms with E-state index in [0.717, 1.165) is 0 Å². The van der Waals surface area contributed by atoms with Crippen LogP contribution >= 0.6 is 0 Å². The minimum absolute atomic E-state index is 0. The first-order chi connectivity index (χ1) is 23.0. The molecule has 0 heterocycles. The van der Waals surface area contributed by atoms with Gasteiger partial charge >= 0.3 is 11.9 Å². The summed E-state index contributed by atoms with van der Waals surface area (Å²) in [4.78, 5) is 37.1. The summed E-state index contributed by atoms with van der Waals surface area (Å²) in [7, 11) is 0. The molecule has 0 spiro atoms. The maximum Gasteiger partial charge on any atom is 0.308 e. The van der Waals surface area contributed by atoms with Gasteiger partial charge in [-0.2, -0.15) is 0 Å². The number of esters is 2. The molecule has 48 heavy (non-hydrogen) atoms. The van der Waals surface area contributed by atoms with Gasteiger partial charge in [-0.25, -0.2) is 0 Å². The second-order valence-corrected chi connectivity index (χ2v) is 10.00. The summed E-state index contributed by atoms with van der Waals surface area (Å²) in [5, 5.41) is 3.00. The minimum atomic E-state index is -1.08. The molecular formula is C42H61NO5. The fraction of sp³-hybridized carbons (Fsp3) is 0.214. The minimum Gasteiger partial charge on any atom is -0.426 e. The highest BCUT2D eigenvalue weighted by Gasteiger charge is 2.28. The predicted octanol–water partition coefficient (Wildman–Crippen LogP) is 8.18. The second-order valence-electron chi connectivity index (χ2n) is 10.00. The number of rotatable bonds is 7. The van der Waals surface area contributed by atoms with Crippen LogP contribution in [0.1, 0.15) is 82.6 Å². The molecular weight excluding hydrogens is 598 g/mol. The Balaban J connectivity index is -0.000000115. The van der Waals surface area contributed by atoms with E-state index in [1.54, 1.807) is 52.0 Å². The number of amides is 1. The highest BCUT2D eigenvalue weighted by molar-refractivity contribution is 5.95. The molecule has 6 nitrogen and oxygen atoms in total. The second kappa shape index (κ2) is 19.3. The first-order valence-corrected chi connectivity index (χ1v) is 14.3. The number of hydrogen-bond donors (Lipinski definition) is 1. The number of nitrogens with one attached hydrogen (secondary N) is 1. The van der Waals surface area contributed by atoms with E-state index < -0.39 is 17.5 Å². The quantitative estimate of drug-likeness (QED) is 0.184. The van der Waals surface area contributed by atoms with E-state index in [1.807, 2.05) is 6.07 Å². The van der Waals surface area contributed by atoms with Crippen LogP contribution in [0, 0.1) is 128 Å². The average molecular weight is 660 g/mol. The third kappa shape index (κ3) is 12.5. The van der Waals surface area contributed by atoms with Crippen molar-refractivity contribution in [2.75, 3.05) is 0 Å². The third-order valence-corrected chi connectivity index (χ3v) is 6.39. The molecule has 0 fully saturated rings. The van der Waals surface area contributed by atoms with Gasteiger partial charge in [-0.3, -0.25) is 14.4 Å². The molecule has 264 valence electrons. The zero-order valence-electron chi connectivity index (χ0n) is 27.4. The van der Waals surface area contributed by atoms with Crippen LogP contribution in [0.15, 0.2) is 30.3 Å². The Kier molecular flexibility index (Phi) is 14.9. The highest BCUT2D eigenvalue weighted by Crippen LogP contribution is 2.39. The molecule has 2 rings (SSSR count). The zero-order chi connectivity index (χ0) is 35.4. The van der Waals surface area contributed by atoms with E-state index in [4.69, 9.17) is 15.9 Å². The Bertz CT molecular complexity index is 2230. The molecule has 1 amide bonds. The number of benzene rings is 2. The molecule has 0 aromatic heterocycles. The molecule has 1 unspecified atom stereocenters. The SMILES string of the molecule is C#CC#CC#CC#CC#CC#CC#CC#CC#CC(C)(CCc1c(C)c(OC(C)=O)c(C)c(C)c1OC(C)=O)NC(=O)c1ccccc1.[HH].[HH].[HH].[HH].[HH].[HH].[HH].[HH].[HH].[HH].[HH].[HH].[HH].[HH].[HH].[HH]. The molecule has 0 saturated heterocycles. The van der Waals surface area contributed by atoms with Crippen molar-refractivity contribution in [1.82, 2.24) is 5.32 Å². The van der Waals surface area contributed by atoms with E-state index in [9.17, 15) is 14.4 Å². The normalized spacial score (nSPS) is 9.52. The van der Waals surface area contributed by atoms with Crippen molar-refractivity contribution in [2.45, 2.75) is 59.9 Å². The van der Waals surface area contributed by atoms with Crippen molar-refractivity contribution in [3.05, 3.63) is 58.1 Å². The Hall–Kier alpha value is -7.11. The summed E-state index contributed by atoms with van der Waals surface area (Å²) in [5.74, 6) is 42.6. The lowest BCUT2D eigenvalue weighted by Crippen LogP contribution is -2.45. The Morgan fingerprint density at radius 1 is 0.688 bits per heavy atom. The van der Waals surface area contributed by atoms with Gasteiger partial charge in [0.05, 0.1) is 5.54 Å². The lowest BCUT2D eigenvalue weighted by Gasteiger charge is -2.27. The number of hydrogen-bond acceptors (Lipinski definition) is 5. The molecule has 1 N–H and O–H groups in total. The van der Waals surface area contributed by atoms with Crippen LogP contribution in [0.2, 0.25) is 0 Å². The fourth-order valence-electron chi connectivity index (χ4n) is 4.09. The van der Waals surface area contributed by atoms with Crippen LogP contribution in [-0.4, -0.2) is 23.4 Å². The molecule has 0 aliphatic carbocycles. The number of ether oxygens (including phenoxy) is 2. The van der Waals surface area contributed by atoms with E-state index in [0.29, 0.717) is 52.2 Å². The average Bonchev–Trinajstić information content (AvgIpc) is 3.05. The number of terminal acetylenes is 1. The fourth-order valence-corrected chi connectivity index (χ4v) is 4.09. The molecule has 0 saturated carbocycles. The molecule has 0 aliphatic rings. The van der Waals surface area contributed by atoms with Crippen molar-refractivity contribution < 1.29 is 46.7 Å². The summed E-state index contributed by atoms with van der Waals surface area (Å²) >= 11 is 0. The van der Waals surface area contributed by atoms with Gasteiger partial charge in [-0.05, 0) is 164 Å². The van der Waals surface area contributed by atoms with Gasteiger partial charge in [-0.15, -0.1) is 6.42 Å². The van der Waals surface area contributed by atoms with E-state index in [1.165, 1.54) is 13.8 Å². The zero-order valence-corrected chi connectivity index (χ0v) is 27.4. The summed E-state index contributed by atoms with van der Waals surface area (Å²) in [6, 6.07) is 8.73. The van der Waals surface area contributed by atoms with Crippen LogP contribution in [0.3, 0.4) is 0 Å². The monoisotopic (exact) mass is 659 g/mol. The van der Waals surface area contributed by atoms with Crippen LogP contribution < -0.4 is 14.8 Å². The largest absolute Gasteiger partial charge is 0.426 e. The number of carbonyl (C=O) groups is 3. The lowest BCUT2D eigenvalue weighted by atomic mass is 9.88. The molecule has 6 heteroatoms. The van der Waals surface area contributed by atoms with Gasteiger partial charge in [-0.1, -0.05) is 24.1 Å². The summed E-state index contributed by atoms with van der Waals surface area (Å²) in [6.45, 7) is 9.78. The van der Waals surface area contributed by atoms with E-state index in [2.05, 4.69) is 106 Å². The molecule has 2 aromatic rings. The van der Waals surface area contributed by atoms with Gasteiger partial charge in [0.2, 0.25) is 0 Å². The van der Waals surface area contributed by atoms with Gasteiger partial charge < -0.3 is 14.8 Å². The molecule has 1 atom stereocenters. The van der Waals surface area contributed by atoms with Gasteiger partial charge in [0.25, 0.3) is 5.91 Å². The van der Waals surface area contributed by atoms with Crippen molar-refractivity contribution in [1.29, 1.82) is 0 Å². The van der Waals surface area contributed by atoms with Crippen LogP contribution in [0.5, 0.6) is 11.5 Å². The first-order valence-electron chi connectivity index (χ1n) is 14.3. The van der Waals surface area contributed by atoms with Gasteiger partial charge in [0.1, 0.15) is 11.5 Å². The molecule has 0 aliphatic heterocycles.